The Morgan fingerprint density at radius 2 is 2.05 bits per heavy atom. The molecule has 1 aromatic rings. The SMILES string of the molecule is CC1CN(C)CCN1S(=O)(=O)c1ccc(CCl)c(Cl)c1. The summed E-state index contributed by atoms with van der Waals surface area (Å²) in [4.78, 5) is 2.35. The average Bonchev–Trinajstić information content (AvgIpc) is 2.38. The van der Waals surface area contributed by atoms with Gasteiger partial charge >= 0.3 is 0 Å². The smallest absolute Gasteiger partial charge is 0.243 e. The molecule has 0 spiro atoms. The van der Waals surface area contributed by atoms with Crippen LogP contribution in [0.2, 0.25) is 5.02 Å². The minimum atomic E-state index is -3.50. The van der Waals surface area contributed by atoms with Crippen LogP contribution in [0.1, 0.15) is 12.5 Å². The molecule has 0 bridgehead atoms. The van der Waals surface area contributed by atoms with E-state index >= 15 is 0 Å². The standard InChI is InChI=1S/C13H18Cl2N2O2S/c1-10-9-16(2)5-6-17(10)20(18,19)12-4-3-11(8-14)13(15)7-12/h3-4,7,10H,5-6,8-9H2,1-2H3. The van der Waals surface area contributed by atoms with Crippen molar-refractivity contribution in [3.8, 4) is 0 Å². The zero-order chi connectivity index (χ0) is 14.9. The monoisotopic (exact) mass is 336 g/mol. The molecule has 1 aromatic carbocycles. The Morgan fingerprint density at radius 3 is 2.60 bits per heavy atom. The first kappa shape index (κ1) is 16.0. The Kier molecular flexibility index (Phi) is 4.97. The predicted molar refractivity (Wildman–Crippen MR) is 81.9 cm³/mol. The fraction of sp³-hybridized carbons (Fsp3) is 0.538. The molecule has 2 rings (SSSR count). The largest absolute Gasteiger partial charge is 0.303 e. The Hall–Kier alpha value is -0.330. The molecule has 112 valence electrons. The molecule has 7 heteroatoms. The van der Waals surface area contributed by atoms with Gasteiger partial charge in [-0.2, -0.15) is 4.31 Å². The second-order valence-corrected chi connectivity index (χ2v) is 7.68. The molecule has 1 unspecified atom stereocenters. The molecule has 1 saturated heterocycles. The number of hydrogen-bond donors (Lipinski definition) is 0. The normalized spacial score (nSPS) is 22.1. The second-order valence-electron chi connectivity index (χ2n) is 5.11. The molecule has 1 fully saturated rings. The molecule has 0 aliphatic carbocycles. The molecule has 1 heterocycles. The Balaban J connectivity index is 2.33. The molecule has 1 atom stereocenters. The van der Waals surface area contributed by atoms with Crippen LogP contribution in [0.4, 0.5) is 0 Å². The number of rotatable bonds is 3. The molecular formula is C13H18Cl2N2O2S. The lowest BCUT2D eigenvalue weighted by molar-refractivity contribution is 0.170. The van der Waals surface area contributed by atoms with E-state index in [0.717, 1.165) is 18.7 Å². The fourth-order valence-corrected chi connectivity index (χ4v) is 4.67. The van der Waals surface area contributed by atoms with Gasteiger partial charge < -0.3 is 4.90 Å². The maximum atomic E-state index is 12.7. The van der Waals surface area contributed by atoms with Gasteiger partial charge in [0, 0.05) is 36.6 Å². The first-order valence-electron chi connectivity index (χ1n) is 6.41. The number of likely N-dealkylation sites (N-methyl/N-ethyl adjacent to an activating group) is 1. The van der Waals surface area contributed by atoms with Gasteiger partial charge in [0.15, 0.2) is 0 Å². The summed E-state index contributed by atoms with van der Waals surface area (Å²) < 4.78 is 26.9. The van der Waals surface area contributed by atoms with E-state index in [2.05, 4.69) is 4.90 Å². The van der Waals surface area contributed by atoms with Gasteiger partial charge in [-0.15, -0.1) is 11.6 Å². The van der Waals surface area contributed by atoms with Crippen LogP contribution in [0.5, 0.6) is 0 Å². The van der Waals surface area contributed by atoms with E-state index in [0.29, 0.717) is 11.6 Å². The number of nitrogens with zero attached hydrogens (tertiary/aromatic N) is 2. The molecule has 1 aliphatic heterocycles. The van der Waals surface area contributed by atoms with Gasteiger partial charge in [-0.05, 0) is 31.7 Å². The summed E-state index contributed by atoms with van der Waals surface area (Å²) in [5.41, 5.74) is 0.735. The molecule has 0 aromatic heterocycles. The first-order chi connectivity index (χ1) is 9.36. The summed E-state index contributed by atoms with van der Waals surface area (Å²) in [6, 6.07) is 4.68. The Labute approximate surface area is 130 Å². The number of sulfonamides is 1. The van der Waals surface area contributed by atoms with E-state index in [4.69, 9.17) is 23.2 Å². The molecular weight excluding hydrogens is 319 g/mol. The maximum Gasteiger partial charge on any atom is 0.243 e. The molecule has 0 radical (unpaired) electrons. The predicted octanol–water partition coefficient (Wildman–Crippen LogP) is 2.40. The average molecular weight is 337 g/mol. The lowest BCUT2D eigenvalue weighted by Crippen LogP contribution is -2.52. The van der Waals surface area contributed by atoms with E-state index < -0.39 is 10.0 Å². The summed E-state index contributed by atoms with van der Waals surface area (Å²) in [7, 11) is -1.51. The van der Waals surface area contributed by atoms with E-state index in [-0.39, 0.29) is 16.8 Å². The van der Waals surface area contributed by atoms with Gasteiger partial charge in [0.25, 0.3) is 0 Å². The number of benzene rings is 1. The van der Waals surface area contributed by atoms with Crippen molar-refractivity contribution in [2.45, 2.75) is 23.7 Å². The number of halogens is 2. The van der Waals surface area contributed by atoms with Crippen molar-refractivity contribution in [1.29, 1.82) is 0 Å². The summed E-state index contributed by atoms with van der Waals surface area (Å²) in [5, 5.41) is 0.392. The van der Waals surface area contributed by atoms with E-state index in [9.17, 15) is 8.42 Å². The zero-order valence-electron chi connectivity index (χ0n) is 11.5. The molecule has 0 N–H and O–H groups in total. The second kappa shape index (κ2) is 6.20. The van der Waals surface area contributed by atoms with Crippen molar-refractivity contribution >= 4 is 33.2 Å². The highest BCUT2D eigenvalue weighted by Gasteiger charge is 2.32. The molecule has 0 amide bonds. The van der Waals surface area contributed by atoms with Crippen LogP contribution in [0.15, 0.2) is 23.1 Å². The quantitative estimate of drug-likeness (QED) is 0.796. The Bertz CT molecular complexity index is 592. The summed E-state index contributed by atoms with van der Waals surface area (Å²) in [5.74, 6) is 0.268. The van der Waals surface area contributed by atoms with E-state index in [1.807, 2.05) is 14.0 Å². The van der Waals surface area contributed by atoms with Crippen molar-refractivity contribution in [3.63, 3.8) is 0 Å². The molecule has 4 nitrogen and oxygen atoms in total. The Morgan fingerprint density at radius 1 is 1.35 bits per heavy atom. The summed E-state index contributed by atoms with van der Waals surface area (Å²) in [6.07, 6.45) is 0. The van der Waals surface area contributed by atoms with Crippen LogP contribution < -0.4 is 0 Å². The highest BCUT2D eigenvalue weighted by atomic mass is 35.5. The molecule has 20 heavy (non-hydrogen) atoms. The van der Waals surface area contributed by atoms with Gasteiger partial charge in [0.1, 0.15) is 0 Å². The topological polar surface area (TPSA) is 40.6 Å². The highest BCUT2D eigenvalue weighted by molar-refractivity contribution is 7.89. The van der Waals surface area contributed by atoms with Crippen LogP contribution >= 0.6 is 23.2 Å². The van der Waals surface area contributed by atoms with Crippen molar-refractivity contribution in [2.24, 2.45) is 0 Å². The van der Waals surface area contributed by atoms with Crippen molar-refractivity contribution < 1.29 is 8.42 Å². The van der Waals surface area contributed by atoms with Gasteiger partial charge in [-0.3, -0.25) is 0 Å². The van der Waals surface area contributed by atoms with Gasteiger partial charge in [0.05, 0.1) is 4.90 Å². The van der Waals surface area contributed by atoms with Crippen molar-refractivity contribution in [1.82, 2.24) is 9.21 Å². The fourth-order valence-electron chi connectivity index (χ4n) is 2.41. The zero-order valence-corrected chi connectivity index (χ0v) is 13.8. The number of hydrogen-bond acceptors (Lipinski definition) is 3. The van der Waals surface area contributed by atoms with E-state index in [1.165, 1.54) is 6.07 Å². The first-order valence-corrected chi connectivity index (χ1v) is 8.76. The number of alkyl halides is 1. The molecule has 0 saturated carbocycles. The highest BCUT2D eigenvalue weighted by Crippen LogP contribution is 2.26. The minimum Gasteiger partial charge on any atom is -0.303 e. The maximum absolute atomic E-state index is 12.7. The lowest BCUT2D eigenvalue weighted by atomic mass is 10.2. The summed E-state index contributed by atoms with van der Waals surface area (Å²) in [6.45, 7) is 3.88. The lowest BCUT2D eigenvalue weighted by Gasteiger charge is -2.37. The van der Waals surface area contributed by atoms with Gasteiger partial charge in [0.2, 0.25) is 10.0 Å². The van der Waals surface area contributed by atoms with Crippen LogP contribution in [0, 0.1) is 0 Å². The number of piperazine rings is 1. The van der Waals surface area contributed by atoms with Gasteiger partial charge in [-0.25, -0.2) is 8.42 Å². The van der Waals surface area contributed by atoms with Crippen LogP contribution in [-0.2, 0) is 15.9 Å². The van der Waals surface area contributed by atoms with Crippen molar-refractivity contribution in [2.75, 3.05) is 26.7 Å². The summed E-state index contributed by atoms with van der Waals surface area (Å²) >= 11 is 11.8. The van der Waals surface area contributed by atoms with Crippen LogP contribution in [0.3, 0.4) is 0 Å². The van der Waals surface area contributed by atoms with Crippen LogP contribution in [0.25, 0.3) is 0 Å². The minimum absolute atomic E-state index is 0.0507. The third kappa shape index (κ3) is 3.12. The van der Waals surface area contributed by atoms with Gasteiger partial charge in [-0.1, -0.05) is 17.7 Å². The van der Waals surface area contributed by atoms with E-state index in [1.54, 1.807) is 16.4 Å². The molecule has 1 aliphatic rings. The van der Waals surface area contributed by atoms with Crippen LogP contribution in [-0.4, -0.2) is 50.3 Å². The third-order valence-corrected chi connectivity index (χ3v) is 6.19. The van der Waals surface area contributed by atoms with Crippen molar-refractivity contribution in [3.05, 3.63) is 28.8 Å². The third-order valence-electron chi connectivity index (χ3n) is 3.54.